The minimum Gasteiger partial charge on any atom is -0.374 e. The molecule has 2 rings (SSSR count). The van der Waals surface area contributed by atoms with Crippen molar-refractivity contribution < 1.29 is 9.53 Å². The van der Waals surface area contributed by atoms with Gasteiger partial charge in [-0.05, 0) is 19.8 Å². The lowest BCUT2D eigenvalue weighted by molar-refractivity contribution is -0.135. The van der Waals surface area contributed by atoms with Gasteiger partial charge in [-0.2, -0.15) is 0 Å². The van der Waals surface area contributed by atoms with Crippen molar-refractivity contribution >= 4 is 5.91 Å². The average Bonchev–Trinajstić information content (AvgIpc) is 2.85. The van der Waals surface area contributed by atoms with Gasteiger partial charge in [-0.1, -0.05) is 0 Å². The molecule has 0 bridgehead atoms. The van der Waals surface area contributed by atoms with Gasteiger partial charge in [0.2, 0.25) is 5.91 Å². The van der Waals surface area contributed by atoms with E-state index >= 15 is 0 Å². The van der Waals surface area contributed by atoms with Crippen LogP contribution in [-0.4, -0.2) is 67.2 Å². The van der Waals surface area contributed by atoms with Gasteiger partial charge in [-0.15, -0.1) is 0 Å². The maximum atomic E-state index is 12.1. The second-order valence-electron chi connectivity index (χ2n) is 5.06. The second-order valence-corrected chi connectivity index (χ2v) is 5.06. The number of likely N-dealkylation sites (tertiary alicyclic amines) is 1. The monoisotopic (exact) mass is 241 g/mol. The van der Waals surface area contributed by atoms with Crippen LogP contribution >= 0.6 is 0 Å². The van der Waals surface area contributed by atoms with Crippen LogP contribution in [0.1, 0.15) is 19.8 Å². The number of hydrogen-bond acceptors (Lipinski definition) is 4. The Kier molecular flexibility index (Phi) is 4.36. The molecule has 2 unspecified atom stereocenters. The molecule has 2 aliphatic heterocycles. The second kappa shape index (κ2) is 5.80. The molecule has 2 atom stereocenters. The molecule has 0 aromatic heterocycles. The van der Waals surface area contributed by atoms with Crippen LogP contribution in [0.5, 0.6) is 0 Å². The molecule has 2 aliphatic rings. The Balaban J connectivity index is 1.85. The first kappa shape index (κ1) is 12.8. The van der Waals surface area contributed by atoms with E-state index in [0.29, 0.717) is 25.7 Å². The number of morpholine rings is 1. The highest BCUT2D eigenvalue weighted by atomic mass is 16.5. The number of carbonyl (C=O) groups excluding carboxylic acids is 1. The zero-order chi connectivity index (χ0) is 12.3. The van der Waals surface area contributed by atoms with Crippen molar-refractivity contribution in [1.29, 1.82) is 0 Å². The fourth-order valence-corrected chi connectivity index (χ4v) is 2.48. The van der Waals surface area contributed by atoms with Crippen LogP contribution in [-0.2, 0) is 9.53 Å². The fraction of sp³-hybridized carbons (Fsp3) is 0.917. The Morgan fingerprint density at radius 3 is 2.76 bits per heavy atom. The molecule has 17 heavy (non-hydrogen) atoms. The fourth-order valence-electron chi connectivity index (χ4n) is 2.48. The van der Waals surface area contributed by atoms with E-state index in [2.05, 4.69) is 11.8 Å². The van der Waals surface area contributed by atoms with Gasteiger partial charge in [0.05, 0.1) is 19.3 Å². The number of amides is 1. The van der Waals surface area contributed by atoms with Gasteiger partial charge in [0.1, 0.15) is 0 Å². The van der Waals surface area contributed by atoms with Crippen LogP contribution in [0.3, 0.4) is 0 Å². The Morgan fingerprint density at radius 1 is 1.41 bits per heavy atom. The van der Waals surface area contributed by atoms with E-state index in [9.17, 15) is 4.79 Å². The summed E-state index contributed by atoms with van der Waals surface area (Å²) in [7, 11) is 0. The summed E-state index contributed by atoms with van der Waals surface area (Å²) in [6, 6.07) is 0.310. The van der Waals surface area contributed by atoms with Crippen molar-refractivity contribution in [3.05, 3.63) is 0 Å². The average molecular weight is 241 g/mol. The zero-order valence-electron chi connectivity index (χ0n) is 10.6. The minimum atomic E-state index is 0.0811. The summed E-state index contributed by atoms with van der Waals surface area (Å²) >= 11 is 0. The highest BCUT2D eigenvalue weighted by Gasteiger charge is 2.28. The summed E-state index contributed by atoms with van der Waals surface area (Å²) in [5.74, 6) is 0.257. The maximum Gasteiger partial charge on any atom is 0.236 e. The molecular formula is C12H23N3O2. The first-order valence-electron chi connectivity index (χ1n) is 6.54. The maximum absolute atomic E-state index is 12.1. The number of carbonyl (C=O) groups is 1. The first-order chi connectivity index (χ1) is 8.20. The standard InChI is InChI=1S/C12H23N3O2/c1-10-9-17-11(6-13)7-15(10)8-12(16)14-4-2-3-5-14/h10-11H,2-9,13H2,1H3. The molecule has 2 N–H and O–H groups in total. The van der Waals surface area contributed by atoms with Crippen molar-refractivity contribution in [2.24, 2.45) is 5.73 Å². The summed E-state index contributed by atoms with van der Waals surface area (Å²) < 4.78 is 5.59. The summed E-state index contributed by atoms with van der Waals surface area (Å²) in [4.78, 5) is 16.2. The van der Waals surface area contributed by atoms with Crippen LogP contribution < -0.4 is 5.73 Å². The molecular weight excluding hydrogens is 218 g/mol. The third-order valence-corrected chi connectivity index (χ3v) is 3.69. The minimum absolute atomic E-state index is 0.0811. The molecule has 0 aromatic carbocycles. The van der Waals surface area contributed by atoms with Crippen LogP contribution in [0.2, 0.25) is 0 Å². The molecule has 5 heteroatoms. The SMILES string of the molecule is CC1COC(CN)CN1CC(=O)N1CCCC1. The largest absolute Gasteiger partial charge is 0.374 e. The first-order valence-corrected chi connectivity index (χ1v) is 6.54. The molecule has 0 aromatic rings. The van der Waals surface area contributed by atoms with E-state index in [1.54, 1.807) is 0 Å². The van der Waals surface area contributed by atoms with E-state index in [4.69, 9.17) is 10.5 Å². The van der Waals surface area contributed by atoms with Crippen LogP contribution in [0, 0.1) is 0 Å². The Morgan fingerprint density at radius 2 is 2.12 bits per heavy atom. The number of rotatable bonds is 3. The predicted octanol–water partition coefficient (Wildman–Crippen LogP) is -0.343. The van der Waals surface area contributed by atoms with Crippen LogP contribution in [0.4, 0.5) is 0 Å². The molecule has 0 saturated carbocycles. The number of hydrogen-bond donors (Lipinski definition) is 1. The van der Waals surface area contributed by atoms with Gasteiger partial charge in [0.15, 0.2) is 0 Å². The summed E-state index contributed by atoms with van der Waals surface area (Å²) in [6.45, 7) is 6.45. The Hall–Kier alpha value is -0.650. The zero-order valence-corrected chi connectivity index (χ0v) is 10.6. The van der Waals surface area contributed by atoms with Crippen LogP contribution in [0.15, 0.2) is 0 Å². The van der Waals surface area contributed by atoms with Crippen LogP contribution in [0.25, 0.3) is 0 Å². The summed E-state index contributed by atoms with van der Waals surface area (Å²) in [5.41, 5.74) is 5.62. The predicted molar refractivity (Wildman–Crippen MR) is 65.6 cm³/mol. The third-order valence-electron chi connectivity index (χ3n) is 3.69. The van der Waals surface area contributed by atoms with Gasteiger partial charge in [0.25, 0.3) is 0 Å². The highest BCUT2D eigenvalue weighted by molar-refractivity contribution is 5.78. The lowest BCUT2D eigenvalue weighted by Crippen LogP contribution is -2.53. The molecule has 98 valence electrons. The summed E-state index contributed by atoms with van der Waals surface area (Å²) in [6.07, 6.45) is 2.38. The Labute approximate surface area is 103 Å². The number of nitrogens with two attached hydrogens (primary N) is 1. The lowest BCUT2D eigenvalue weighted by Gasteiger charge is -2.37. The van der Waals surface area contributed by atoms with Gasteiger partial charge < -0.3 is 15.4 Å². The van der Waals surface area contributed by atoms with Crippen molar-refractivity contribution in [1.82, 2.24) is 9.80 Å². The van der Waals surface area contributed by atoms with Crippen molar-refractivity contribution in [3.63, 3.8) is 0 Å². The quantitative estimate of drug-likeness (QED) is 0.734. The van der Waals surface area contributed by atoms with Crippen molar-refractivity contribution in [3.8, 4) is 0 Å². The van der Waals surface area contributed by atoms with E-state index in [1.807, 2.05) is 4.90 Å². The molecule has 0 aliphatic carbocycles. The third kappa shape index (κ3) is 3.18. The molecule has 5 nitrogen and oxygen atoms in total. The van der Waals surface area contributed by atoms with E-state index in [0.717, 1.165) is 32.5 Å². The molecule has 0 spiro atoms. The molecule has 1 amide bonds. The molecule has 0 radical (unpaired) electrons. The lowest BCUT2D eigenvalue weighted by atomic mass is 10.2. The van der Waals surface area contributed by atoms with Gasteiger partial charge in [0, 0.05) is 32.2 Å². The van der Waals surface area contributed by atoms with E-state index in [-0.39, 0.29) is 12.0 Å². The van der Waals surface area contributed by atoms with Crippen molar-refractivity contribution in [2.45, 2.75) is 31.9 Å². The summed E-state index contributed by atoms with van der Waals surface area (Å²) in [5, 5.41) is 0. The van der Waals surface area contributed by atoms with E-state index < -0.39 is 0 Å². The van der Waals surface area contributed by atoms with Gasteiger partial charge >= 0.3 is 0 Å². The van der Waals surface area contributed by atoms with E-state index in [1.165, 1.54) is 0 Å². The molecule has 2 fully saturated rings. The Bertz CT molecular complexity index is 266. The smallest absolute Gasteiger partial charge is 0.236 e. The number of ether oxygens (including phenoxy) is 1. The highest BCUT2D eigenvalue weighted by Crippen LogP contribution is 2.13. The topological polar surface area (TPSA) is 58.8 Å². The molecule has 2 saturated heterocycles. The normalized spacial score (nSPS) is 30.8. The number of nitrogens with zero attached hydrogens (tertiary/aromatic N) is 2. The van der Waals surface area contributed by atoms with Crippen molar-refractivity contribution in [2.75, 3.05) is 39.3 Å². The molecule has 2 heterocycles. The van der Waals surface area contributed by atoms with Gasteiger partial charge in [-0.25, -0.2) is 0 Å². The van der Waals surface area contributed by atoms with Gasteiger partial charge in [-0.3, -0.25) is 9.69 Å².